The number of likely N-dealkylation sites (N-methyl/N-ethyl adjacent to an activating group) is 1. The molecule has 1 aromatic rings. The van der Waals surface area contributed by atoms with E-state index in [4.69, 9.17) is 4.74 Å². The first-order valence-electron chi connectivity index (χ1n) is 8.37. The van der Waals surface area contributed by atoms with Crippen molar-refractivity contribution in [2.24, 2.45) is 5.92 Å². The molecule has 128 valence electrons. The Morgan fingerprint density at radius 2 is 2.00 bits per heavy atom. The van der Waals surface area contributed by atoms with Crippen LogP contribution in [0.25, 0.3) is 0 Å². The Hall–Kier alpha value is -1.75. The Morgan fingerprint density at radius 1 is 1.30 bits per heavy atom. The van der Waals surface area contributed by atoms with Crippen LogP contribution in [0.3, 0.4) is 0 Å². The zero-order chi connectivity index (χ0) is 16.8. The van der Waals surface area contributed by atoms with Crippen molar-refractivity contribution < 1.29 is 9.53 Å². The van der Waals surface area contributed by atoms with E-state index in [-0.39, 0.29) is 6.03 Å². The van der Waals surface area contributed by atoms with E-state index in [0.29, 0.717) is 18.5 Å². The van der Waals surface area contributed by atoms with E-state index >= 15 is 0 Å². The second-order valence-corrected chi connectivity index (χ2v) is 6.49. The molecule has 0 aliphatic carbocycles. The lowest BCUT2D eigenvalue weighted by atomic mass is 9.98. The minimum Gasteiger partial charge on any atom is -0.497 e. The summed E-state index contributed by atoms with van der Waals surface area (Å²) in [6, 6.07) is 8.28. The molecular formula is C18H29N3O2. The number of rotatable bonds is 6. The number of ether oxygens (including phenoxy) is 1. The molecule has 0 spiro atoms. The van der Waals surface area contributed by atoms with Crippen LogP contribution in [0.15, 0.2) is 24.3 Å². The molecule has 5 heteroatoms. The standard InChI is InChI=1S/C18H29N3O2/c1-5-6-15-12-21(13-17(15)20(2)3)18(22)19-11-14-7-9-16(23-4)10-8-14/h7-10,15,17H,5-6,11-13H2,1-4H3,(H,19,22). The number of hydrogen-bond donors (Lipinski definition) is 1. The van der Waals surface area contributed by atoms with E-state index in [1.165, 1.54) is 6.42 Å². The van der Waals surface area contributed by atoms with E-state index in [1.807, 2.05) is 29.2 Å². The predicted octanol–water partition coefficient (Wildman–Crippen LogP) is 2.57. The smallest absolute Gasteiger partial charge is 0.317 e. The largest absolute Gasteiger partial charge is 0.497 e. The van der Waals surface area contributed by atoms with Gasteiger partial charge < -0.3 is 19.9 Å². The fraction of sp³-hybridized carbons (Fsp3) is 0.611. The number of likely N-dealkylation sites (tertiary alicyclic amines) is 1. The van der Waals surface area contributed by atoms with Crippen molar-refractivity contribution >= 4 is 6.03 Å². The van der Waals surface area contributed by atoms with Crippen LogP contribution in [-0.2, 0) is 6.54 Å². The Kier molecular flexibility index (Phi) is 6.28. The maximum Gasteiger partial charge on any atom is 0.317 e. The number of carbonyl (C=O) groups excluding carboxylic acids is 1. The molecule has 2 rings (SSSR count). The molecule has 0 bridgehead atoms. The SMILES string of the molecule is CCCC1CN(C(=O)NCc2ccc(OC)cc2)CC1N(C)C. The summed E-state index contributed by atoms with van der Waals surface area (Å²) >= 11 is 0. The number of methoxy groups -OCH3 is 1. The minimum absolute atomic E-state index is 0.0336. The van der Waals surface area contributed by atoms with Crippen molar-refractivity contribution in [3.63, 3.8) is 0 Å². The second-order valence-electron chi connectivity index (χ2n) is 6.49. The summed E-state index contributed by atoms with van der Waals surface area (Å²) in [4.78, 5) is 16.6. The van der Waals surface area contributed by atoms with Gasteiger partial charge in [0, 0.05) is 25.7 Å². The number of urea groups is 1. The van der Waals surface area contributed by atoms with Crippen molar-refractivity contribution in [1.82, 2.24) is 15.1 Å². The highest BCUT2D eigenvalue weighted by Gasteiger charge is 2.35. The van der Waals surface area contributed by atoms with E-state index in [9.17, 15) is 4.79 Å². The molecule has 1 saturated heterocycles. The monoisotopic (exact) mass is 319 g/mol. The maximum absolute atomic E-state index is 12.4. The van der Waals surface area contributed by atoms with Crippen LogP contribution in [-0.4, -0.2) is 56.2 Å². The summed E-state index contributed by atoms with van der Waals surface area (Å²) in [5, 5.41) is 3.03. The predicted molar refractivity (Wildman–Crippen MR) is 92.7 cm³/mol. The number of carbonyl (C=O) groups is 1. The highest BCUT2D eigenvalue weighted by molar-refractivity contribution is 5.74. The third kappa shape index (κ3) is 4.61. The normalized spacial score (nSPS) is 20.8. The molecule has 5 nitrogen and oxygen atoms in total. The lowest BCUT2D eigenvalue weighted by Crippen LogP contribution is -2.40. The molecule has 2 unspecified atom stereocenters. The van der Waals surface area contributed by atoms with Gasteiger partial charge in [-0.1, -0.05) is 25.5 Å². The van der Waals surface area contributed by atoms with Gasteiger partial charge in [-0.05, 0) is 44.1 Å². The van der Waals surface area contributed by atoms with Crippen LogP contribution >= 0.6 is 0 Å². The Balaban J connectivity index is 1.87. The van der Waals surface area contributed by atoms with E-state index in [0.717, 1.165) is 30.8 Å². The van der Waals surface area contributed by atoms with Crippen molar-refractivity contribution in [3.05, 3.63) is 29.8 Å². The van der Waals surface area contributed by atoms with Crippen LogP contribution in [0, 0.1) is 5.92 Å². The van der Waals surface area contributed by atoms with Gasteiger partial charge in [0.1, 0.15) is 5.75 Å². The van der Waals surface area contributed by atoms with Gasteiger partial charge in [-0.3, -0.25) is 0 Å². The average molecular weight is 319 g/mol. The molecule has 0 radical (unpaired) electrons. The summed E-state index contributed by atoms with van der Waals surface area (Å²) in [6.45, 7) is 4.42. The van der Waals surface area contributed by atoms with Gasteiger partial charge in [-0.25, -0.2) is 4.79 Å². The first kappa shape index (κ1) is 17.6. The molecule has 1 N–H and O–H groups in total. The Morgan fingerprint density at radius 3 is 2.57 bits per heavy atom. The highest BCUT2D eigenvalue weighted by atomic mass is 16.5. The third-order valence-electron chi connectivity index (χ3n) is 4.62. The topological polar surface area (TPSA) is 44.8 Å². The number of benzene rings is 1. The number of nitrogens with one attached hydrogen (secondary N) is 1. The van der Waals surface area contributed by atoms with E-state index in [1.54, 1.807) is 7.11 Å². The third-order valence-corrected chi connectivity index (χ3v) is 4.62. The summed E-state index contributed by atoms with van der Waals surface area (Å²) in [5.74, 6) is 1.40. The molecule has 1 heterocycles. The fourth-order valence-corrected chi connectivity index (χ4v) is 3.29. The number of nitrogens with zero attached hydrogens (tertiary/aromatic N) is 2. The van der Waals surface area contributed by atoms with Crippen molar-refractivity contribution in [3.8, 4) is 5.75 Å². The van der Waals surface area contributed by atoms with Crippen molar-refractivity contribution in [2.75, 3.05) is 34.3 Å². The molecule has 1 aliphatic rings. The fourth-order valence-electron chi connectivity index (χ4n) is 3.29. The molecule has 2 atom stereocenters. The molecule has 1 aromatic carbocycles. The summed E-state index contributed by atoms with van der Waals surface area (Å²) in [5.41, 5.74) is 1.08. The van der Waals surface area contributed by atoms with Crippen molar-refractivity contribution in [1.29, 1.82) is 0 Å². The van der Waals surface area contributed by atoms with Crippen LogP contribution < -0.4 is 10.1 Å². The van der Waals surface area contributed by atoms with E-state index in [2.05, 4.69) is 31.2 Å². The van der Waals surface area contributed by atoms with Gasteiger partial charge in [0.25, 0.3) is 0 Å². The number of hydrogen-bond acceptors (Lipinski definition) is 3. The Labute approximate surface area is 139 Å². The molecule has 23 heavy (non-hydrogen) atoms. The van der Waals surface area contributed by atoms with Gasteiger partial charge >= 0.3 is 6.03 Å². The van der Waals surface area contributed by atoms with Crippen LogP contribution in [0.5, 0.6) is 5.75 Å². The molecule has 1 aliphatic heterocycles. The lowest BCUT2D eigenvalue weighted by Gasteiger charge is -2.24. The van der Waals surface area contributed by atoms with E-state index < -0.39 is 0 Å². The van der Waals surface area contributed by atoms with Gasteiger partial charge in [0.15, 0.2) is 0 Å². The number of amides is 2. The average Bonchev–Trinajstić information content (AvgIpc) is 2.98. The molecule has 0 aromatic heterocycles. The quantitative estimate of drug-likeness (QED) is 0.876. The zero-order valence-electron chi connectivity index (χ0n) is 14.7. The first-order chi connectivity index (χ1) is 11.0. The molecule has 2 amide bonds. The molecular weight excluding hydrogens is 290 g/mol. The summed E-state index contributed by atoms with van der Waals surface area (Å²) in [7, 11) is 5.86. The van der Waals surface area contributed by atoms with Crippen molar-refractivity contribution in [2.45, 2.75) is 32.4 Å². The second kappa shape index (κ2) is 8.20. The maximum atomic E-state index is 12.4. The van der Waals surface area contributed by atoms with Crippen LogP contribution in [0.1, 0.15) is 25.3 Å². The molecule has 1 fully saturated rings. The zero-order valence-corrected chi connectivity index (χ0v) is 14.7. The Bertz CT molecular complexity index is 501. The lowest BCUT2D eigenvalue weighted by molar-refractivity contribution is 0.203. The highest BCUT2D eigenvalue weighted by Crippen LogP contribution is 2.24. The van der Waals surface area contributed by atoms with Gasteiger partial charge in [0.05, 0.1) is 7.11 Å². The van der Waals surface area contributed by atoms with Gasteiger partial charge in [-0.15, -0.1) is 0 Å². The van der Waals surface area contributed by atoms with Crippen LogP contribution in [0.2, 0.25) is 0 Å². The minimum atomic E-state index is 0.0336. The van der Waals surface area contributed by atoms with Gasteiger partial charge in [0.2, 0.25) is 0 Å². The van der Waals surface area contributed by atoms with Crippen LogP contribution in [0.4, 0.5) is 4.79 Å². The van der Waals surface area contributed by atoms with Gasteiger partial charge in [-0.2, -0.15) is 0 Å². The molecule has 0 saturated carbocycles. The summed E-state index contributed by atoms with van der Waals surface area (Å²) < 4.78 is 5.14. The summed E-state index contributed by atoms with van der Waals surface area (Å²) in [6.07, 6.45) is 2.33. The first-order valence-corrected chi connectivity index (χ1v) is 8.37.